The minimum absolute atomic E-state index is 0.702. The Labute approximate surface area is 120 Å². The maximum Gasteiger partial charge on any atom is 0.123 e. The molecule has 0 spiro atoms. The monoisotopic (exact) mass is 266 g/mol. The zero-order valence-electron chi connectivity index (χ0n) is 11.8. The molecule has 0 aliphatic carbocycles. The molecule has 102 valence electrons. The van der Waals surface area contributed by atoms with Gasteiger partial charge in [-0.25, -0.2) is 0 Å². The van der Waals surface area contributed by atoms with Crippen LogP contribution in [0, 0.1) is 11.3 Å². The number of hydrogen-bond acceptors (Lipinski definition) is 3. The fraction of sp³-hybridized carbons (Fsp3) is 0.235. The molecule has 0 radical (unpaired) electrons. The number of nitrogens with zero attached hydrogens (tertiary/aromatic N) is 2. The van der Waals surface area contributed by atoms with Gasteiger partial charge in [0.05, 0.1) is 18.7 Å². The second kappa shape index (κ2) is 6.74. The number of para-hydroxylation sites is 1. The lowest BCUT2D eigenvalue weighted by Crippen LogP contribution is -2.17. The zero-order valence-corrected chi connectivity index (χ0v) is 11.8. The Balaban J connectivity index is 2.05. The van der Waals surface area contributed by atoms with E-state index < -0.39 is 0 Å². The van der Waals surface area contributed by atoms with Crippen LogP contribution in [0.15, 0.2) is 48.5 Å². The predicted octanol–water partition coefficient (Wildman–Crippen LogP) is 3.20. The zero-order chi connectivity index (χ0) is 14.4. The van der Waals surface area contributed by atoms with Gasteiger partial charge in [0.1, 0.15) is 5.75 Å². The predicted molar refractivity (Wildman–Crippen MR) is 79.3 cm³/mol. The van der Waals surface area contributed by atoms with Crippen LogP contribution in [0.25, 0.3) is 0 Å². The average Bonchev–Trinajstić information content (AvgIpc) is 2.48. The van der Waals surface area contributed by atoms with Gasteiger partial charge in [-0.1, -0.05) is 30.3 Å². The van der Waals surface area contributed by atoms with E-state index in [2.05, 4.69) is 24.1 Å². The van der Waals surface area contributed by atoms with Crippen molar-refractivity contribution in [1.29, 1.82) is 5.26 Å². The third-order valence-corrected chi connectivity index (χ3v) is 3.14. The Hall–Kier alpha value is -2.31. The van der Waals surface area contributed by atoms with Crippen LogP contribution in [0.3, 0.4) is 0 Å². The molecule has 0 unspecified atom stereocenters. The van der Waals surface area contributed by atoms with E-state index in [0.717, 1.165) is 30.0 Å². The van der Waals surface area contributed by atoms with Crippen molar-refractivity contribution < 1.29 is 4.74 Å². The number of methoxy groups -OCH3 is 1. The van der Waals surface area contributed by atoms with E-state index in [0.29, 0.717) is 5.56 Å². The fourth-order valence-corrected chi connectivity index (χ4v) is 2.23. The van der Waals surface area contributed by atoms with Gasteiger partial charge in [-0.05, 0) is 30.8 Å². The van der Waals surface area contributed by atoms with Crippen LogP contribution in [0.2, 0.25) is 0 Å². The molecule has 0 atom stereocenters. The molecule has 2 aromatic carbocycles. The molecule has 0 fully saturated rings. The van der Waals surface area contributed by atoms with Gasteiger partial charge in [-0.15, -0.1) is 0 Å². The van der Waals surface area contributed by atoms with Gasteiger partial charge in [0.25, 0.3) is 0 Å². The smallest absolute Gasteiger partial charge is 0.123 e. The van der Waals surface area contributed by atoms with Crippen molar-refractivity contribution in [3.8, 4) is 11.8 Å². The summed E-state index contributed by atoms with van der Waals surface area (Å²) in [6.07, 6.45) is 0. The highest BCUT2D eigenvalue weighted by Crippen LogP contribution is 2.19. The summed E-state index contributed by atoms with van der Waals surface area (Å²) in [6.45, 7) is 1.61. The number of ether oxygens (including phenoxy) is 1. The van der Waals surface area contributed by atoms with E-state index in [-0.39, 0.29) is 0 Å². The number of benzene rings is 2. The maximum atomic E-state index is 8.92. The molecule has 0 aromatic heterocycles. The van der Waals surface area contributed by atoms with Crippen LogP contribution in [0.5, 0.6) is 5.75 Å². The number of hydrogen-bond donors (Lipinski definition) is 0. The third-order valence-electron chi connectivity index (χ3n) is 3.14. The van der Waals surface area contributed by atoms with Crippen LogP contribution >= 0.6 is 0 Å². The highest BCUT2D eigenvalue weighted by atomic mass is 16.5. The first-order valence-electron chi connectivity index (χ1n) is 6.52. The standard InChI is InChI=1S/C17H18N2O/c1-19(12-15-7-5-6-14(10-15)11-18)13-16-8-3-4-9-17(16)20-2/h3-10H,12-13H2,1-2H3. The summed E-state index contributed by atoms with van der Waals surface area (Å²) in [4.78, 5) is 2.20. The molecular weight excluding hydrogens is 248 g/mol. The normalized spacial score (nSPS) is 10.3. The van der Waals surface area contributed by atoms with Crippen LogP contribution < -0.4 is 4.74 Å². The lowest BCUT2D eigenvalue weighted by atomic mass is 10.1. The molecule has 2 rings (SSSR count). The van der Waals surface area contributed by atoms with Crippen molar-refractivity contribution in [2.45, 2.75) is 13.1 Å². The molecule has 0 aliphatic rings. The van der Waals surface area contributed by atoms with Gasteiger partial charge >= 0.3 is 0 Å². The lowest BCUT2D eigenvalue weighted by Gasteiger charge is -2.18. The molecule has 2 aromatic rings. The summed E-state index contributed by atoms with van der Waals surface area (Å²) < 4.78 is 5.36. The first-order valence-corrected chi connectivity index (χ1v) is 6.52. The molecule has 0 heterocycles. The van der Waals surface area contributed by atoms with Crippen molar-refractivity contribution in [3.63, 3.8) is 0 Å². The lowest BCUT2D eigenvalue weighted by molar-refractivity contribution is 0.310. The van der Waals surface area contributed by atoms with Crippen LogP contribution in [0.1, 0.15) is 16.7 Å². The van der Waals surface area contributed by atoms with Gasteiger partial charge in [-0.3, -0.25) is 4.90 Å². The van der Waals surface area contributed by atoms with Crippen molar-refractivity contribution in [1.82, 2.24) is 4.90 Å². The molecule has 3 heteroatoms. The van der Waals surface area contributed by atoms with Crippen molar-refractivity contribution in [2.75, 3.05) is 14.2 Å². The van der Waals surface area contributed by atoms with E-state index >= 15 is 0 Å². The van der Waals surface area contributed by atoms with Gasteiger partial charge < -0.3 is 4.74 Å². The second-order valence-electron chi connectivity index (χ2n) is 4.80. The minimum Gasteiger partial charge on any atom is -0.496 e. The highest BCUT2D eigenvalue weighted by molar-refractivity contribution is 5.34. The Bertz CT molecular complexity index is 616. The Morgan fingerprint density at radius 2 is 1.90 bits per heavy atom. The molecule has 0 saturated heterocycles. The van der Waals surface area contributed by atoms with Crippen LogP contribution in [0.4, 0.5) is 0 Å². The number of rotatable bonds is 5. The Kier molecular flexibility index (Phi) is 4.75. The first-order chi connectivity index (χ1) is 9.72. The van der Waals surface area contributed by atoms with Crippen LogP contribution in [-0.4, -0.2) is 19.1 Å². The molecule has 3 nitrogen and oxygen atoms in total. The molecule has 0 N–H and O–H groups in total. The summed E-state index contributed by atoms with van der Waals surface area (Å²) in [5.74, 6) is 0.908. The van der Waals surface area contributed by atoms with Gasteiger partial charge in [0.15, 0.2) is 0 Å². The van der Waals surface area contributed by atoms with Gasteiger partial charge in [0, 0.05) is 18.7 Å². The molecule has 0 amide bonds. The largest absolute Gasteiger partial charge is 0.496 e. The average molecular weight is 266 g/mol. The van der Waals surface area contributed by atoms with Crippen molar-refractivity contribution >= 4 is 0 Å². The second-order valence-corrected chi connectivity index (χ2v) is 4.80. The summed E-state index contributed by atoms with van der Waals surface area (Å²) >= 11 is 0. The number of nitriles is 1. The van der Waals surface area contributed by atoms with E-state index in [9.17, 15) is 0 Å². The minimum atomic E-state index is 0.702. The van der Waals surface area contributed by atoms with Crippen molar-refractivity contribution in [2.24, 2.45) is 0 Å². The highest BCUT2D eigenvalue weighted by Gasteiger charge is 2.06. The molecule has 0 aliphatic heterocycles. The van der Waals surface area contributed by atoms with E-state index in [4.69, 9.17) is 10.00 Å². The first kappa shape index (κ1) is 14.1. The summed E-state index contributed by atoms with van der Waals surface area (Å²) in [5.41, 5.74) is 3.00. The Morgan fingerprint density at radius 3 is 2.65 bits per heavy atom. The molecule has 0 bridgehead atoms. The summed E-state index contributed by atoms with van der Waals surface area (Å²) in [5, 5.41) is 8.92. The fourth-order valence-electron chi connectivity index (χ4n) is 2.23. The van der Waals surface area contributed by atoms with Gasteiger partial charge in [0.2, 0.25) is 0 Å². The molecule has 20 heavy (non-hydrogen) atoms. The van der Waals surface area contributed by atoms with Gasteiger partial charge in [-0.2, -0.15) is 5.26 Å². The van der Waals surface area contributed by atoms with E-state index in [1.54, 1.807) is 7.11 Å². The summed E-state index contributed by atoms with van der Waals surface area (Å²) in [6, 6.07) is 17.9. The SMILES string of the molecule is COc1ccccc1CN(C)Cc1cccc(C#N)c1. The summed E-state index contributed by atoms with van der Waals surface area (Å²) in [7, 11) is 3.75. The maximum absolute atomic E-state index is 8.92. The van der Waals surface area contributed by atoms with E-state index in [1.807, 2.05) is 42.5 Å². The quantitative estimate of drug-likeness (QED) is 0.833. The van der Waals surface area contributed by atoms with Crippen LogP contribution in [-0.2, 0) is 13.1 Å². The van der Waals surface area contributed by atoms with Crippen molar-refractivity contribution in [3.05, 3.63) is 65.2 Å². The third kappa shape index (κ3) is 3.59. The molecule has 0 saturated carbocycles. The Morgan fingerprint density at radius 1 is 1.10 bits per heavy atom. The topological polar surface area (TPSA) is 36.3 Å². The van der Waals surface area contributed by atoms with E-state index in [1.165, 1.54) is 0 Å². The molecular formula is C17H18N2O.